The van der Waals surface area contributed by atoms with Crippen molar-refractivity contribution < 1.29 is 26.7 Å². The van der Waals surface area contributed by atoms with Crippen molar-refractivity contribution in [2.45, 2.75) is 23.6 Å². The zero-order valence-electron chi connectivity index (χ0n) is 17.9. The van der Waals surface area contributed by atoms with Gasteiger partial charge >= 0.3 is 6.18 Å². The first-order valence-corrected chi connectivity index (χ1v) is 11.2. The van der Waals surface area contributed by atoms with Crippen LogP contribution < -0.4 is 5.32 Å². The molecule has 0 fully saturated rings. The molecule has 1 amide bonds. The molecule has 0 radical (unpaired) electrons. The lowest BCUT2D eigenvalue weighted by molar-refractivity contribution is -0.137. The third kappa shape index (κ3) is 6.04. The number of hydrogen-bond acceptors (Lipinski definition) is 4. The minimum Gasteiger partial charge on any atom is -0.345 e. The number of benzene rings is 3. The number of rotatable bonds is 7. The molecule has 5 nitrogen and oxygen atoms in total. The van der Waals surface area contributed by atoms with E-state index in [-0.39, 0.29) is 17.9 Å². The van der Waals surface area contributed by atoms with E-state index in [0.717, 1.165) is 30.0 Å². The number of thioether (sulfide) groups is 1. The Morgan fingerprint density at radius 1 is 0.914 bits per heavy atom. The molecule has 1 N–H and O–H groups in total. The van der Waals surface area contributed by atoms with Crippen LogP contribution in [0.3, 0.4) is 0 Å². The molecular formula is C24H17F5N4OS. The van der Waals surface area contributed by atoms with Crippen LogP contribution in [0.15, 0.2) is 78.0 Å². The molecule has 35 heavy (non-hydrogen) atoms. The standard InChI is InChI=1S/C24H17F5N4OS/c25-18-7-9-20(10-8-18)33-21(13-30-22(34)16-4-2-6-19(26)12-16)31-32-23(33)35-14-15-3-1-5-17(11-15)24(27,28)29/h1-12H,13-14H2,(H,30,34). The minimum absolute atomic E-state index is 0.0795. The first-order chi connectivity index (χ1) is 16.7. The van der Waals surface area contributed by atoms with Crippen LogP contribution in [0.5, 0.6) is 0 Å². The summed E-state index contributed by atoms with van der Waals surface area (Å²) < 4.78 is 67.6. The van der Waals surface area contributed by atoms with Gasteiger partial charge in [-0.05, 0) is 54.1 Å². The van der Waals surface area contributed by atoms with Crippen molar-refractivity contribution in [2.75, 3.05) is 0 Å². The van der Waals surface area contributed by atoms with Crippen molar-refractivity contribution in [1.82, 2.24) is 20.1 Å². The molecule has 1 heterocycles. The first kappa shape index (κ1) is 24.4. The molecule has 180 valence electrons. The topological polar surface area (TPSA) is 59.8 Å². The molecule has 0 aliphatic carbocycles. The molecule has 11 heteroatoms. The van der Waals surface area contributed by atoms with E-state index in [2.05, 4.69) is 15.5 Å². The van der Waals surface area contributed by atoms with Gasteiger partial charge in [0.25, 0.3) is 5.91 Å². The summed E-state index contributed by atoms with van der Waals surface area (Å²) in [7, 11) is 0. The van der Waals surface area contributed by atoms with Crippen LogP contribution in [-0.2, 0) is 18.5 Å². The molecule has 0 aliphatic heterocycles. The molecule has 4 aromatic rings. The molecule has 0 aliphatic rings. The number of nitrogens with one attached hydrogen (secondary N) is 1. The maximum absolute atomic E-state index is 13.5. The number of alkyl halides is 3. The molecule has 0 atom stereocenters. The van der Waals surface area contributed by atoms with Crippen LogP contribution >= 0.6 is 11.8 Å². The number of carbonyl (C=O) groups excluding carboxylic acids is 1. The molecule has 0 saturated heterocycles. The van der Waals surface area contributed by atoms with Gasteiger partial charge in [0.05, 0.1) is 12.1 Å². The Kier molecular flexibility index (Phi) is 7.15. The maximum Gasteiger partial charge on any atom is 0.416 e. The van der Waals surface area contributed by atoms with Gasteiger partial charge in [0, 0.05) is 17.0 Å². The van der Waals surface area contributed by atoms with E-state index in [1.54, 1.807) is 10.6 Å². The zero-order chi connectivity index (χ0) is 25.0. The Morgan fingerprint density at radius 2 is 1.66 bits per heavy atom. The van der Waals surface area contributed by atoms with Crippen LogP contribution in [-0.4, -0.2) is 20.7 Å². The van der Waals surface area contributed by atoms with Crippen LogP contribution in [0, 0.1) is 11.6 Å². The highest BCUT2D eigenvalue weighted by atomic mass is 32.2. The molecule has 1 aromatic heterocycles. The Hall–Kier alpha value is -3.73. The van der Waals surface area contributed by atoms with Crippen molar-refractivity contribution in [3.8, 4) is 5.69 Å². The smallest absolute Gasteiger partial charge is 0.345 e. The quantitative estimate of drug-likeness (QED) is 0.256. The van der Waals surface area contributed by atoms with Gasteiger partial charge in [0.15, 0.2) is 11.0 Å². The molecule has 0 saturated carbocycles. The van der Waals surface area contributed by atoms with Gasteiger partial charge in [-0.2, -0.15) is 13.2 Å². The fourth-order valence-corrected chi connectivity index (χ4v) is 4.15. The number of halogens is 5. The first-order valence-electron chi connectivity index (χ1n) is 10.2. The predicted octanol–water partition coefficient (Wildman–Crippen LogP) is 5.79. The highest BCUT2D eigenvalue weighted by molar-refractivity contribution is 7.98. The average molecular weight is 504 g/mol. The van der Waals surface area contributed by atoms with Gasteiger partial charge in [-0.3, -0.25) is 9.36 Å². The van der Waals surface area contributed by atoms with E-state index in [0.29, 0.717) is 22.2 Å². The summed E-state index contributed by atoms with van der Waals surface area (Å²) in [5.41, 5.74) is 0.297. The average Bonchev–Trinajstić information content (AvgIpc) is 3.24. The van der Waals surface area contributed by atoms with Crippen molar-refractivity contribution >= 4 is 17.7 Å². The summed E-state index contributed by atoms with van der Waals surface area (Å²) >= 11 is 1.14. The third-order valence-electron chi connectivity index (χ3n) is 4.90. The van der Waals surface area contributed by atoms with E-state index in [9.17, 15) is 26.7 Å². The lowest BCUT2D eigenvalue weighted by Crippen LogP contribution is -2.24. The number of hydrogen-bond donors (Lipinski definition) is 1. The normalized spacial score (nSPS) is 11.5. The second kappa shape index (κ2) is 10.3. The largest absolute Gasteiger partial charge is 0.416 e. The highest BCUT2D eigenvalue weighted by Crippen LogP contribution is 2.31. The SMILES string of the molecule is O=C(NCc1nnc(SCc2cccc(C(F)(F)F)c2)n1-c1ccc(F)cc1)c1cccc(F)c1. The summed E-state index contributed by atoms with van der Waals surface area (Å²) in [6.45, 7) is -0.0795. The van der Waals surface area contributed by atoms with Crippen LogP contribution in [0.25, 0.3) is 5.69 Å². The van der Waals surface area contributed by atoms with Crippen LogP contribution in [0.2, 0.25) is 0 Å². The van der Waals surface area contributed by atoms with Gasteiger partial charge in [-0.25, -0.2) is 8.78 Å². The number of carbonyl (C=O) groups is 1. The van der Waals surface area contributed by atoms with Gasteiger partial charge in [-0.15, -0.1) is 10.2 Å². The molecule has 3 aromatic carbocycles. The summed E-state index contributed by atoms with van der Waals surface area (Å²) in [5, 5.41) is 11.2. The van der Waals surface area contributed by atoms with E-state index in [1.165, 1.54) is 48.5 Å². The van der Waals surface area contributed by atoms with E-state index in [4.69, 9.17) is 0 Å². The Morgan fingerprint density at radius 3 is 2.37 bits per heavy atom. The van der Waals surface area contributed by atoms with Gasteiger partial charge in [0.2, 0.25) is 0 Å². The van der Waals surface area contributed by atoms with Gasteiger partial charge in [0.1, 0.15) is 11.6 Å². The number of amides is 1. The van der Waals surface area contributed by atoms with E-state index in [1.807, 2.05) is 0 Å². The maximum atomic E-state index is 13.5. The van der Waals surface area contributed by atoms with Crippen molar-refractivity contribution in [1.29, 1.82) is 0 Å². The Bertz CT molecular complexity index is 1340. The monoisotopic (exact) mass is 504 g/mol. The summed E-state index contributed by atoms with van der Waals surface area (Å²) in [6, 6.07) is 15.6. The predicted molar refractivity (Wildman–Crippen MR) is 120 cm³/mol. The van der Waals surface area contributed by atoms with Crippen molar-refractivity contribution in [3.05, 3.63) is 107 Å². The van der Waals surface area contributed by atoms with Gasteiger partial charge < -0.3 is 5.32 Å². The van der Waals surface area contributed by atoms with Crippen molar-refractivity contribution in [3.63, 3.8) is 0 Å². The molecular weight excluding hydrogens is 487 g/mol. The fourth-order valence-electron chi connectivity index (χ4n) is 3.23. The molecule has 0 unspecified atom stereocenters. The lowest BCUT2D eigenvalue weighted by atomic mass is 10.1. The molecule has 0 spiro atoms. The highest BCUT2D eigenvalue weighted by Gasteiger charge is 2.30. The number of aromatic nitrogens is 3. The second-order valence-electron chi connectivity index (χ2n) is 7.39. The third-order valence-corrected chi connectivity index (χ3v) is 5.90. The second-order valence-corrected chi connectivity index (χ2v) is 8.33. The van der Waals surface area contributed by atoms with E-state index < -0.39 is 29.3 Å². The fraction of sp³-hybridized carbons (Fsp3) is 0.125. The number of nitrogens with zero attached hydrogens (tertiary/aromatic N) is 3. The van der Waals surface area contributed by atoms with Crippen LogP contribution in [0.1, 0.15) is 27.3 Å². The Balaban J connectivity index is 1.57. The van der Waals surface area contributed by atoms with E-state index >= 15 is 0 Å². The summed E-state index contributed by atoms with van der Waals surface area (Å²) in [6.07, 6.45) is -4.46. The summed E-state index contributed by atoms with van der Waals surface area (Å²) in [5.74, 6) is -1.08. The molecule has 4 rings (SSSR count). The summed E-state index contributed by atoms with van der Waals surface area (Å²) in [4.78, 5) is 12.4. The Labute approximate surface area is 201 Å². The van der Waals surface area contributed by atoms with Gasteiger partial charge in [-0.1, -0.05) is 36.0 Å². The van der Waals surface area contributed by atoms with Crippen molar-refractivity contribution in [2.24, 2.45) is 0 Å². The minimum atomic E-state index is -4.46. The van der Waals surface area contributed by atoms with Crippen LogP contribution in [0.4, 0.5) is 22.0 Å². The lowest BCUT2D eigenvalue weighted by Gasteiger charge is -2.12. The zero-order valence-corrected chi connectivity index (χ0v) is 18.7. The molecule has 0 bridgehead atoms.